The van der Waals surface area contributed by atoms with Crippen molar-refractivity contribution in [2.45, 2.75) is 25.0 Å². The number of carbonyl (C=O) groups is 2. The van der Waals surface area contributed by atoms with Crippen LogP contribution in [0.4, 0.5) is 8.78 Å². The van der Waals surface area contributed by atoms with Crippen LogP contribution in [-0.4, -0.2) is 96.1 Å². The van der Waals surface area contributed by atoms with Gasteiger partial charge >= 0.3 is 0 Å². The molecule has 2 N–H and O–H groups in total. The van der Waals surface area contributed by atoms with E-state index in [1.54, 1.807) is 36.7 Å². The molecule has 0 radical (unpaired) electrons. The molecule has 0 spiro atoms. The lowest BCUT2D eigenvalue weighted by Gasteiger charge is -2.29. The van der Waals surface area contributed by atoms with Crippen molar-refractivity contribution in [3.63, 3.8) is 0 Å². The van der Waals surface area contributed by atoms with Crippen molar-refractivity contribution in [3.8, 4) is 33.8 Å². The number of benzene rings is 4. The molecule has 2 aromatic heterocycles. The molecule has 6 heterocycles. The number of amides is 2. The fraction of sp³-hybridized carbons (Fsp3) is 0.273. The van der Waals surface area contributed by atoms with Gasteiger partial charge in [-0.1, -0.05) is 23.2 Å². The number of hydrogen-bond acceptors (Lipinski definition) is 8. The molecule has 0 bridgehead atoms. The Bertz CT molecular complexity index is 2410. The van der Waals surface area contributed by atoms with Crippen LogP contribution in [0.2, 0.25) is 10.0 Å². The van der Waals surface area contributed by atoms with E-state index in [4.69, 9.17) is 32.7 Å². The summed E-state index contributed by atoms with van der Waals surface area (Å²) in [5, 5.41) is 8.96. The number of nitrogens with zero attached hydrogens (tertiary/aromatic N) is 4. The highest BCUT2D eigenvalue weighted by Crippen LogP contribution is 2.45. The van der Waals surface area contributed by atoms with Crippen LogP contribution in [-0.2, 0) is 22.4 Å². The molecule has 2 amide bonds. The van der Waals surface area contributed by atoms with Gasteiger partial charge in [-0.2, -0.15) is 0 Å². The number of rotatable bonds is 4. The number of hydrogen-bond donors (Lipinski definition) is 2. The van der Waals surface area contributed by atoms with Gasteiger partial charge in [0.2, 0.25) is 0 Å². The average Bonchev–Trinajstić information content (AvgIpc) is 3.88. The predicted molar refractivity (Wildman–Crippen MR) is 219 cm³/mol. The Morgan fingerprint density at radius 1 is 0.586 bits per heavy atom. The van der Waals surface area contributed by atoms with Gasteiger partial charge in [-0.15, -0.1) is 0 Å². The molecule has 0 saturated carbocycles. The molecule has 296 valence electrons. The lowest BCUT2D eigenvalue weighted by atomic mass is 9.97. The highest BCUT2D eigenvalue weighted by atomic mass is 35.5. The van der Waals surface area contributed by atoms with Crippen molar-refractivity contribution in [2.75, 3.05) is 52.4 Å². The SMILES string of the molecule is O=C([C@@H]1Cc2cc(Cl)cc(-c3ccnc4ccc(F)cc34)c2O1)N1CCNCC1.O=C([C@H]1Cc2cc(Cl)cc(-c3ccnc4ccc(F)cc34)c2O1)N1CCNCC1. The first-order valence-corrected chi connectivity index (χ1v) is 20.0. The molecule has 10 rings (SSSR count). The van der Waals surface area contributed by atoms with Crippen LogP contribution < -0.4 is 20.1 Å². The van der Waals surface area contributed by atoms with Gasteiger partial charge in [0.1, 0.15) is 23.1 Å². The lowest BCUT2D eigenvalue weighted by Crippen LogP contribution is -2.50. The van der Waals surface area contributed by atoms with Crippen LogP contribution >= 0.6 is 23.2 Å². The van der Waals surface area contributed by atoms with E-state index in [2.05, 4.69) is 20.6 Å². The monoisotopic (exact) mass is 822 g/mol. The van der Waals surface area contributed by atoms with Gasteiger partial charge in [-0.05, 0) is 83.9 Å². The number of piperazine rings is 2. The second kappa shape index (κ2) is 16.1. The molecule has 0 unspecified atom stereocenters. The smallest absolute Gasteiger partial charge is 0.264 e. The predicted octanol–water partition coefficient (Wildman–Crippen LogP) is 6.86. The Labute approximate surface area is 343 Å². The third-order valence-corrected chi connectivity index (χ3v) is 11.4. The molecule has 10 nitrogen and oxygen atoms in total. The molecule has 14 heteroatoms. The number of nitrogens with one attached hydrogen (secondary N) is 2. The number of fused-ring (bicyclic) bond motifs is 4. The van der Waals surface area contributed by atoms with E-state index in [1.807, 2.05) is 34.1 Å². The van der Waals surface area contributed by atoms with Gasteiger partial charge in [0.25, 0.3) is 11.8 Å². The zero-order valence-corrected chi connectivity index (χ0v) is 32.8. The highest BCUT2D eigenvalue weighted by molar-refractivity contribution is 6.31. The van der Waals surface area contributed by atoms with Crippen LogP contribution in [0.1, 0.15) is 11.1 Å². The second-order valence-electron chi connectivity index (χ2n) is 14.7. The summed E-state index contributed by atoms with van der Waals surface area (Å²) in [6, 6.07) is 19.9. The Morgan fingerprint density at radius 3 is 1.41 bits per heavy atom. The third kappa shape index (κ3) is 7.53. The van der Waals surface area contributed by atoms with Gasteiger partial charge in [0, 0.05) is 121 Å². The maximum Gasteiger partial charge on any atom is 0.264 e. The first-order chi connectivity index (χ1) is 28.2. The molecule has 2 fully saturated rings. The first kappa shape index (κ1) is 38.1. The Balaban J connectivity index is 0.000000150. The summed E-state index contributed by atoms with van der Waals surface area (Å²) in [5.74, 6) is 0.598. The van der Waals surface area contributed by atoms with E-state index in [1.165, 1.54) is 24.3 Å². The summed E-state index contributed by atoms with van der Waals surface area (Å²) in [7, 11) is 0. The van der Waals surface area contributed by atoms with Crippen molar-refractivity contribution >= 4 is 56.8 Å². The van der Waals surface area contributed by atoms with E-state index in [0.29, 0.717) is 82.4 Å². The zero-order valence-electron chi connectivity index (χ0n) is 31.2. The van der Waals surface area contributed by atoms with Crippen molar-refractivity contribution in [2.24, 2.45) is 0 Å². The maximum atomic E-state index is 13.9. The number of halogens is 4. The summed E-state index contributed by atoms with van der Waals surface area (Å²) in [6.45, 7) is 5.86. The van der Waals surface area contributed by atoms with E-state index in [-0.39, 0.29) is 23.4 Å². The largest absolute Gasteiger partial charge is 0.479 e. The second-order valence-corrected chi connectivity index (χ2v) is 15.6. The number of ether oxygens (including phenoxy) is 2. The summed E-state index contributed by atoms with van der Waals surface area (Å²) in [6.07, 6.45) is 3.18. The molecular weight excluding hydrogens is 785 g/mol. The molecule has 4 aliphatic heterocycles. The number of pyridine rings is 2. The molecular formula is C44H38Cl2F2N6O4. The summed E-state index contributed by atoms with van der Waals surface area (Å²) in [5.41, 5.74) is 6.21. The van der Waals surface area contributed by atoms with Gasteiger partial charge < -0.3 is 29.9 Å². The summed E-state index contributed by atoms with van der Waals surface area (Å²) >= 11 is 12.8. The van der Waals surface area contributed by atoms with Crippen molar-refractivity contribution < 1.29 is 27.8 Å². The highest BCUT2D eigenvalue weighted by Gasteiger charge is 2.36. The minimum Gasteiger partial charge on any atom is -0.479 e. The summed E-state index contributed by atoms with van der Waals surface area (Å²) < 4.78 is 40.2. The molecule has 4 aromatic carbocycles. The van der Waals surface area contributed by atoms with Crippen molar-refractivity contribution in [3.05, 3.63) is 118 Å². The standard InChI is InChI=1S/2C22H19ClFN3O2/c2*23-14-9-13-10-20(22(28)27-7-5-25-6-8-27)29-21(13)18(11-14)16-3-4-26-19-2-1-15(24)12-17(16)19/h2*1-4,9,11-12,20,25H,5-8,10H2/t2*20-/m10/s1. The van der Waals surface area contributed by atoms with Crippen molar-refractivity contribution in [1.82, 2.24) is 30.4 Å². The molecule has 58 heavy (non-hydrogen) atoms. The fourth-order valence-corrected chi connectivity index (χ4v) is 8.69. The molecule has 2 saturated heterocycles. The van der Waals surface area contributed by atoms with Crippen LogP contribution in [0.15, 0.2) is 85.2 Å². The van der Waals surface area contributed by atoms with E-state index in [9.17, 15) is 18.4 Å². The van der Waals surface area contributed by atoms with Crippen LogP contribution in [0, 0.1) is 11.6 Å². The Morgan fingerprint density at radius 2 is 1.00 bits per heavy atom. The van der Waals surface area contributed by atoms with Gasteiger partial charge in [-0.25, -0.2) is 8.78 Å². The van der Waals surface area contributed by atoms with Crippen LogP contribution in [0.25, 0.3) is 44.1 Å². The fourth-order valence-electron chi connectivity index (χ4n) is 8.21. The van der Waals surface area contributed by atoms with Gasteiger partial charge in [0.15, 0.2) is 12.2 Å². The molecule has 2 atom stereocenters. The minimum atomic E-state index is -0.565. The zero-order chi connectivity index (χ0) is 39.9. The van der Waals surface area contributed by atoms with E-state index < -0.39 is 12.2 Å². The third-order valence-electron chi connectivity index (χ3n) is 11.0. The van der Waals surface area contributed by atoms with Crippen molar-refractivity contribution in [1.29, 1.82) is 0 Å². The maximum absolute atomic E-state index is 13.9. The molecule has 0 aliphatic carbocycles. The topological polar surface area (TPSA) is 109 Å². The normalized spacial score (nSPS) is 18.6. The molecule has 4 aliphatic rings. The average molecular weight is 824 g/mol. The number of carbonyl (C=O) groups excluding carboxylic acids is 2. The van der Waals surface area contributed by atoms with Gasteiger partial charge in [-0.3, -0.25) is 19.6 Å². The van der Waals surface area contributed by atoms with Gasteiger partial charge in [0.05, 0.1) is 11.0 Å². The number of aromatic nitrogens is 2. The lowest BCUT2D eigenvalue weighted by molar-refractivity contribution is -0.139. The minimum absolute atomic E-state index is 0.00426. The quantitative estimate of drug-likeness (QED) is 0.199. The van der Waals surface area contributed by atoms with Crippen LogP contribution in [0.5, 0.6) is 11.5 Å². The van der Waals surface area contributed by atoms with E-state index >= 15 is 0 Å². The Kier molecular flexibility index (Phi) is 10.6. The van der Waals surface area contributed by atoms with E-state index in [0.717, 1.165) is 59.6 Å². The summed E-state index contributed by atoms with van der Waals surface area (Å²) in [4.78, 5) is 38.2. The molecule has 6 aromatic rings. The first-order valence-electron chi connectivity index (χ1n) is 19.3. The van der Waals surface area contributed by atoms with Crippen LogP contribution in [0.3, 0.4) is 0 Å². The Hall–Kier alpha value is -5.40.